The molecule has 1 aromatic rings. The monoisotopic (exact) mass is 336 g/mol. The average Bonchev–Trinajstić information content (AvgIpc) is 3.10. The summed E-state index contributed by atoms with van der Waals surface area (Å²) in [6.45, 7) is 2.34. The highest BCUT2D eigenvalue weighted by Crippen LogP contribution is 2.42. The number of amides is 3. The topological polar surface area (TPSA) is 75.7 Å². The van der Waals surface area contributed by atoms with E-state index in [4.69, 9.17) is 4.74 Å². The van der Waals surface area contributed by atoms with Gasteiger partial charge >= 0.3 is 12.0 Å². The number of rotatable bonds is 5. The normalized spacial score (nSPS) is 23.1. The minimum absolute atomic E-state index is 0.0335. The van der Waals surface area contributed by atoms with Crippen LogP contribution in [0.3, 0.4) is 0 Å². The molecule has 2 aliphatic rings. The van der Waals surface area contributed by atoms with E-state index in [1.54, 1.807) is 11.3 Å². The molecule has 1 aliphatic carbocycles. The second kappa shape index (κ2) is 6.31. The number of fused-ring (bicyclic) bond motifs is 2. The Morgan fingerprint density at radius 3 is 3.09 bits per heavy atom. The Morgan fingerprint density at radius 1 is 1.48 bits per heavy atom. The maximum atomic E-state index is 12.9. The van der Waals surface area contributed by atoms with E-state index in [1.165, 1.54) is 0 Å². The number of carbonyl (C=O) groups excluding carboxylic acids is 3. The van der Waals surface area contributed by atoms with Gasteiger partial charge in [0.15, 0.2) is 0 Å². The molecule has 1 aliphatic heterocycles. The number of ether oxygens (including phenoxy) is 1. The highest BCUT2D eigenvalue weighted by Gasteiger charge is 2.54. The van der Waals surface area contributed by atoms with Crippen LogP contribution in [0.15, 0.2) is 11.4 Å². The van der Waals surface area contributed by atoms with Crippen LogP contribution >= 0.6 is 11.3 Å². The molecule has 1 spiro atoms. The SMILES string of the molecule is CCCOC(=O)CCN1C(=O)N[C@]2(CCCc3sccc32)C1=O. The van der Waals surface area contributed by atoms with Crippen LogP contribution in [0.25, 0.3) is 0 Å². The predicted molar refractivity (Wildman–Crippen MR) is 85.0 cm³/mol. The molecule has 0 saturated carbocycles. The Labute approximate surface area is 138 Å². The molecule has 3 rings (SSSR count). The van der Waals surface area contributed by atoms with E-state index in [1.807, 2.05) is 18.4 Å². The number of esters is 1. The first-order chi connectivity index (χ1) is 11.1. The Morgan fingerprint density at radius 2 is 2.30 bits per heavy atom. The Hall–Kier alpha value is -1.89. The number of hydrogen-bond donors (Lipinski definition) is 1. The van der Waals surface area contributed by atoms with Crippen LogP contribution in [0, 0.1) is 0 Å². The number of urea groups is 1. The molecule has 3 amide bonds. The van der Waals surface area contributed by atoms with Crippen LogP contribution in [0.4, 0.5) is 4.79 Å². The van der Waals surface area contributed by atoms with Gasteiger partial charge in [-0.3, -0.25) is 14.5 Å². The van der Waals surface area contributed by atoms with Crippen molar-refractivity contribution in [1.29, 1.82) is 0 Å². The molecule has 1 saturated heterocycles. The molecular weight excluding hydrogens is 316 g/mol. The summed E-state index contributed by atoms with van der Waals surface area (Å²) in [5, 5.41) is 4.83. The van der Waals surface area contributed by atoms with Crippen LogP contribution in [0.5, 0.6) is 0 Å². The largest absolute Gasteiger partial charge is 0.466 e. The lowest BCUT2D eigenvalue weighted by Gasteiger charge is -2.31. The van der Waals surface area contributed by atoms with E-state index in [9.17, 15) is 14.4 Å². The van der Waals surface area contributed by atoms with E-state index in [0.717, 1.165) is 34.6 Å². The van der Waals surface area contributed by atoms with Crippen molar-refractivity contribution in [1.82, 2.24) is 10.2 Å². The van der Waals surface area contributed by atoms with Crippen molar-refractivity contribution in [3.8, 4) is 0 Å². The Bertz CT molecular complexity index is 642. The summed E-state index contributed by atoms with van der Waals surface area (Å²) in [5.74, 6) is -0.626. The summed E-state index contributed by atoms with van der Waals surface area (Å²) >= 11 is 1.62. The first kappa shape index (κ1) is 16.0. The summed E-state index contributed by atoms with van der Waals surface area (Å²) in [6.07, 6.45) is 3.20. The van der Waals surface area contributed by atoms with Crippen molar-refractivity contribution in [2.24, 2.45) is 0 Å². The minimum Gasteiger partial charge on any atom is -0.466 e. The first-order valence-corrected chi connectivity index (χ1v) is 8.83. The number of aryl methyl sites for hydroxylation is 1. The summed E-state index contributed by atoms with van der Waals surface area (Å²) in [4.78, 5) is 39.1. The average molecular weight is 336 g/mol. The maximum absolute atomic E-state index is 12.9. The molecule has 0 radical (unpaired) electrons. The molecule has 2 heterocycles. The smallest absolute Gasteiger partial charge is 0.325 e. The number of thiophene rings is 1. The fraction of sp³-hybridized carbons (Fsp3) is 0.562. The molecule has 0 bridgehead atoms. The summed E-state index contributed by atoms with van der Waals surface area (Å²) in [6, 6.07) is 1.51. The quantitative estimate of drug-likeness (QED) is 0.660. The second-order valence-corrected chi connectivity index (χ2v) is 6.87. The standard InChI is InChI=1S/C16H20N2O4S/c1-2-9-22-13(19)5-8-18-14(20)16(17-15(18)21)7-3-4-12-11(16)6-10-23-12/h6,10H,2-5,7-9H2,1H3,(H,17,21)/t16-/m0/s1. The first-order valence-electron chi connectivity index (χ1n) is 7.95. The third-order valence-electron chi connectivity index (χ3n) is 4.34. The van der Waals surface area contributed by atoms with E-state index < -0.39 is 11.6 Å². The Balaban J connectivity index is 1.73. The van der Waals surface area contributed by atoms with Crippen molar-refractivity contribution in [3.63, 3.8) is 0 Å². The third-order valence-corrected chi connectivity index (χ3v) is 5.32. The number of hydrogen-bond acceptors (Lipinski definition) is 5. The molecule has 1 aromatic heterocycles. The molecule has 1 N–H and O–H groups in total. The summed E-state index contributed by atoms with van der Waals surface area (Å²) in [5.41, 5.74) is -0.0130. The lowest BCUT2D eigenvalue weighted by Crippen LogP contribution is -2.46. The predicted octanol–water partition coefficient (Wildman–Crippen LogP) is 2.17. The van der Waals surface area contributed by atoms with Crippen molar-refractivity contribution >= 4 is 29.2 Å². The van der Waals surface area contributed by atoms with Crippen LogP contribution in [0.1, 0.15) is 43.0 Å². The molecule has 6 nitrogen and oxygen atoms in total. The molecule has 0 aromatic carbocycles. The van der Waals surface area contributed by atoms with Gasteiger partial charge in [-0.2, -0.15) is 0 Å². The zero-order chi connectivity index (χ0) is 16.4. The zero-order valence-electron chi connectivity index (χ0n) is 13.1. The number of carbonyl (C=O) groups is 3. The van der Waals surface area contributed by atoms with Crippen molar-refractivity contribution < 1.29 is 19.1 Å². The van der Waals surface area contributed by atoms with Crippen molar-refractivity contribution in [3.05, 3.63) is 21.9 Å². The van der Waals surface area contributed by atoms with Gasteiger partial charge in [-0.15, -0.1) is 11.3 Å². The van der Waals surface area contributed by atoms with Gasteiger partial charge in [-0.05, 0) is 37.1 Å². The van der Waals surface area contributed by atoms with Gasteiger partial charge in [0.25, 0.3) is 5.91 Å². The number of nitrogens with one attached hydrogen (secondary N) is 1. The highest BCUT2D eigenvalue weighted by molar-refractivity contribution is 7.10. The molecule has 124 valence electrons. The van der Waals surface area contributed by atoms with E-state index in [-0.39, 0.29) is 24.8 Å². The van der Waals surface area contributed by atoms with Crippen LogP contribution in [-0.2, 0) is 26.3 Å². The van der Waals surface area contributed by atoms with Crippen LogP contribution < -0.4 is 5.32 Å². The van der Waals surface area contributed by atoms with Crippen LogP contribution in [-0.4, -0.2) is 36.0 Å². The fourth-order valence-corrected chi connectivity index (χ4v) is 4.24. The number of nitrogens with zero attached hydrogens (tertiary/aromatic N) is 1. The second-order valence-electron chi connectivity index (χ2n) is 5.87. The van der Waals surface area contributed by atoms with Crippen LogP contribution in [0.2, 0.25) is 0 Å². The summed E-state index contributed by atoms with van der Waals surface area (Å²) in [7, 11) is 0. The molecular formula is C16H20N2O4S. The molecule has 1 fully saturated rings. The molecule has 0 unspecified atom stereocenters. The van der Waals surface area contributed by atoms with Gasteiger partial charge in [0.05, 0.1) is 13.0 Å². The Kier molecular flexibility index (Phi) is 4.39. The lowest BCUT2D eigenvalue weighted by molar-refractivity contribution is -0.144. The van der Waals surface area contributed by atoms with Crippen molar-refractivity contribution in [2.75, 3.05) is 13.2 Å². The fourth-order valence-electron chi connectivity index (χ4n) is 3.24. The molecule has 7 heteroatoms. The lowest BCUT2D eigenvalue weighted by atomic mass is 9.80. The number of imide groups is 1. The van der Waals surface area contributed by atoms with Gasteiger partial charge in [-0.1, -0.05) is 6.92 Å². The third kappa shape index (κ3) is 2.73. The molecule has 23 heavy (non-hydrogen) atoms. The van der Waals surface area contributed by atoms with Gasteiger partial charge in [0, 0.05) is 17.0 Å². The van der Waals surface area contributed by atoms with E-state index >= 15 is 0 Å². The highest BCUT2D eigenvalue weighted by atomic mass is 32.1. The van der Waals surface area contributed by atoms with Crippen molar-refractivity contribution in [2.45, 2.75) is 44.6 Å². The minimum atomic E-state index is -0.933. The van der Waals surface area contributed by atoms with E-state index in [0.29, 0.717) is 13.0 Å². The maximum Gasteiger partial charge on any atom is 0.325 e. The van der Waals surface area contributed by atoms with Gasteiger partial charge in [0.1, 0.15) is 5.54 Å². The van der Waals surface area contributed by atoms with Gasteiger partial charge in [-0.25, -0.2) is 4.79 Å². The van der Waals surface area contributed by atoms with E-state index in [2.05, 4.69) is 5.32 Å². The summed E-state index contributed by atoms with van der Waals surface area (Å²) < 4.78 is 5.00. The molecule has 1 atom stereocenters. The van der Waals surface area contributed by atoms with Gasteiger partial charge < -0.3 is 10.1 Å². The zero-order valence-corrected chi connectivity index (χ0v) is 13.9. The van der Waals surface area contributed by atoms with Gasteiger partial charge in [0.2, 0.25) is 0 Å².